The Labute approximate surface area is 141 Å². The zero-order valence-electron chi connectivity index (χ0n) is 13.4. The lowest BCUT2D eigenvalue weighted by atomic mass is 10.1. The number of nitrogens with one attached hydrogen (secondary N) is 2. The Morgan fingerprint density at radius 2 is 1.80 bits per heavy atom. The Morgan fingerprint density at radius 3 is 2.44 bits per heavy atom. The maximum Gasteiger partial charge on any atom is 0.356 e. The van der Waals surface area contributed by atoms with E-state index in [9.17, 15) is 18.4 Å². The molecule has 0 saturated heterocycles. The van der Waals surface area contributed by atoms with Crippen LogP contribution in [0.4, 0.5) is 14.5 Å². The molecule has 0 bridgehead atoms. The number of H-pyrrole nitrogens is 1. The van der Waals surface area contributed by atoms with Gasteiger partial charge in [-0.05, 0) is 31.2 Å². The summed E-state index contributed by atoms with van der Waals surface area (Å²) in [5.74, 6) is -3.69. The van der Waals surface area contributed by atoms with Gasteiger partial charge in [-0.3, -0.25) is 4.79 Å². The van der Waals surface area contributed by atoms with Gasteiger partial charge in [0.2, 0.25) is 0 Å². The molecule has 128 valence electrons. The second-order valence-electron chi connectivity index (χ2n) is 5.47. The second kappa shape index (κ2) is 6.35. The van der Waals surface area contributed by atoms with Crippen LogP contribution in [0.1, 0.15) is 26.4 Å². The van der Waals surface area contributed by atoms with Crippen molar-refractivity contribution < 1.29 is 23.1 Å². The monoisotopic (exact) mass is 344 g/mol. The standard InChI is InChI=1S/C18H14F2N2O3/c1-9-6-7-13-10(8-9)15(16(21-13)18(24)25-2)22-17(23)14-11(19)4-3-5-12(14)20/h3-8,21H,1-2H3,(H,22,23). The largest absolute Gasteiger partial charge is 0.464 e. The van der Waals surface area contributed by atoms with Crippen LogP contribution in [-0.2, 0) is 4.74 Å². The summed E-state index contributed by atoms with van der Waals surface area (Å²) in [5, 5.41) is 2.96. The molecule has 5 nitrogen and oxygen atoms in total. The first-order valence-electron chi connectivity index (χ1n) is 7.38. The Morgan fingerprint density at radius 1 is 1.12 bits per heavy atom. The van der Waals surface area contributed by atoms with E-state index < -0.39 is 29.1 Å². The van der Waals surface area contributed by atoms with Gasteiger partial charge < -0.3 is 15.0 Å². The first-order valence-corrected chi connectivity index (χ1v) is 7.38. The summed E-state index contributed by atoms with van der Waals surface area (Å²) < 4.78 is 32.4. The summed E-state index contributed by atoms with van der Waals surface area (Å²) in [4.78, 5) is 27.2. The lowest BCUT2D eigenvalue weighted by Crippen LogP contribution is -2.17. The number of halogens is 2. The van der Waals surface area contributed by atoms with Gasteiger partial charge in [-0.2, -0.15) is 0 Å². The van der Waals surface area contributed by atoms with E-state index in [1.54, 1.807) is 12.1 Å². The smallest absolute Gasteiger partial charge is 0.356 e. The van der Waals surface area contributed by atoms with Crippen LogP contribution in [0.5, 0.6) is 0 Å². The highest BCUT2D eigenvalue weighted by Gasteiger charge is 2.23. The number of aromatic nitrogens is 1. The third-order valence-corrected chi connectivity index (χ3v) is 3.77. The number of hydrogen-bond acceptors (Lipinski definition) is 3. The highest BCUT2D eigenvalue weighted by Crippen LogP contribution is 2.30. The fraction of sp³-hybridized carbons (Fsp3) is 0.111. The SMILES string of the molecule is COC(=O)c1[nH]c2ccc(C)cc2c1NC(=O)c1c(F)cccc1F. The molecule has 0 unspecified atom stereocenters. The number of carbonyl (C=O) groups excluding carboxylic acids is 2. The average molecular weight is 344 g/mol. The Bertz CT molecular complexity index is 975. The van der Waals surface area contributed by atoms with Crippen LogP contribution in [0.15, 0.2) is 36.4 Å². The van der Waals surface area contributed by atoms with Crippen molar-refractivity contribution in [1.29, 1.82) is 0 Å². The number of fused-ring (bicyclic) bond motifs is 1. The molecule has 2 N–H and O–H groups in total. The second-order valence-corrected chi connectivity index (χ2v) is 5.47. The molecule has 0 radical (unpaired) electrons. The zero-order chi connectivity index (χ0) is 18.1. The van der Waals surface area contributed by atoms with Crippen molar-refractivity contribution in [3.63, 3.8) is 0 Å². The number of methoxy groups -OCH3 is 1. The van der Waals surface area contributed by atoms with Crippen LogP contribution in [0.25, 0.3) is 10.9 Å². The molecule has 0 aliphatic carbocycles. The van der Waals surface area contributed by atoms with Gasteiger partial charge in [-0.1, -0.05) is 17.7 Å². The fourth-order valence-corrected chi connectivity index (χ4v) is 2.58. The quantitative estimate of drug-likeness (QED) is 0.710. The van der Waals surface area contributed by atoms with E-state index in [0.29, 0.717) is 10.9 Å². The maximum absolute atomic E-state index is 13.8. The summed E-state index contributed by atoms with van der Waals surface area (Å²) in [6.07, 6.45) is 0. The molecule has 2 aromatic carbocycles. The molecule has 3 rings (SSSR count). The summed E-state index contributed by atoms with van der Waals surface area (Å²) in [6, 6.07) is 8.43. The molecule has 7 heteroatoms. The molecule has 0 fully saturated rings. The molecule has 1 amide bonds. The van der Waals surface area contributed by atoms with Gasteiger partial charge in [0.05, 0.1) is 12.8 Å². The van der Waals surface area contributed by atoms with E-state index in [-0.39, 0.29) is 11.4 Å². The summed E-state index contributed by atoms with van der Waals surface area (Å²) in [7, 11) is 1.20. The van der Waals surface area contributed by atoms with Gasteiger partial charge >= 0.3 is 5.97 Å². The van der Waals surface area contributed by atoms with E-state index in [1.807, 2.05) is 13.0 Å². The van der Waals surface area contributed by atoms with Gasteiger partial charge in [0, 0.05) is 10.9 Å². The molecule has 0 spiro atoms. The molecule has 1 aromatic heterocycles. The highest BCUT2D eigenvalue weighted by molar-refractivity contribution is 6.14. The molecule has 0 saturated carbocycles. The molecule has 0 aliphatic heterocycles. The minimum absolute atomic E-state index is 0.00630. The van der Waals surface area contributed by atoms with Crippen LogP contribution in [0.2, 0.25) is 0 Å². The van der Waals surface area contributed by atoms with E-state index in [0.717, 1.165) is 23.8 Å². The number of esters is 1. The van der Waals surface area contributed by atoms with Gasteiger partial charge in [-0.15, -0.1) is 0 Å². The third-order valence-electron chi connectivity index (χ3n) is 3.77. The average Bonchev–Trinajstić information content (AvgIpc) is 2.92. The van der Waals surface area contributed by atoms with Crippen LogP contribution < -0.4 is 5.32 Å². The number of carbonyl (C=O) groups is 2. The predicted molar refractivity (Wildman–Crippen MR) is 88.7 cm³/mol. The summed E-state index contributed by atoms with van der Waals surface area (Å²) in [5.41, 5.74) is 0.845. The van der Waals surface area contributed by atoms with Crippen molar-refractivity contribution in [3.05, 3.63) is 64.9 Å². The molecule has 0 aliphatic rings. The van der Waals surface area contributed by atoms with Crippen molar-refractivity contribution in [1.82, 2.24) is 4.98 Å². The van der Waals surface area contributed by atoms with Crippen LogP contribution >= 0.6 is 0 Å². The lowest BCUT2D eigenvalue weighted by Gasteiger charge is -2.08. The number of amides is 1. The van der Waals surface area contributed by atoms with Gasteiger partial charge in [0.25, 0.3) is 5.91 Å². The topological polar surface area (TPSA) is 71.2 Å². The van der Waals surface area contributed by atoms with Gasteiger partial charge in [0.1, 0.15) is 22.9 Å². The minimum Gasteiger partial charge on any atom is -0.464 e. The molecule has 0 atom stereocenters. The number of aryl methyl sites for hydroxylation is 1. The van der Waals surface area contributed by atoms with Crippen LogP contribution in [0, 0.1) is 18.6 Å². The molecule has 3 aromatic rings. The lowest BCUT2D eigenvalue weighted by molar-refractivity contribution is 0.0596. The van der Waals surface area contributed by atoms with Crippen LogP contribution in [0.3, 0.4) is 0 Å². The minimum atomic E-state index is -0.997. The first kappa shape index (κ1) is 16.6. The van der Waals surface area contributed by atoms with Crippen LogP contribution in [-0.4, -0.2) is 24.0 Å². The summed E-state index contributed by atoms with van der Waals surface area (Å²) >= 11 is 0. The zero-order valence-corrected chi connectivity index (χ0v) is 13.4. The van der Waals surface area contributed by atoms with E-state index in [1.165, 1.54) is 7.11 Å². The van der Waals surface area contributed by atoms with E-state index in [4.69, 9.17) is 4.74 Å². The third kappa shape index (κ3) is 2.96. The van der Waals surface area contributed by atoms with E-state index >= 15 is 0 Å². The molecular formula is C18H14F2N2O3. The number of rotatable bonds is 3. The molecule has 25 heavy (non-hydrogen) atoms. The van der Waals surface area contributed by atoms with Crippen molar-refractivity contribution in [2.24, 2.45) is 0 Å². The van der Waals surface area contributed by atoms with Crippen molar-refractivity contribution in [3.8, 4) is 0 Å². The Balaban J connectivity index is 2.12. The highest BCUT2D eigenvalue weighted by atomic mass is 19.1. The van der Waals surface area contributed by atoms with Crippen molar-refractivity contribution in [2.75, 3.05) is 12.4 Å². The molecule has 1 heterocycles. The van der Waals surface area contributed by atoms with Gasteiger partial charge in [0.15, 0.2) is 0 Å². The number of hydrogen-bond donors (Lipinski definition) is 2. The normalized spacial score (nSPS) is 10.7. The first-order chi connectivity index (χ1) is 11.9. The number of benzene rings is 2. The number of ether oxygens (including phenoxy) is 1. The summed E-state index contributed by atoms with van der Waals surface area (Å²) in [6.45, 7) is 1.84. The fourth-order valence-electron chi connectivity index (χ4n) is 2.58. The predicted octanol–water partition coefficient (Wildman–Crippen LogP) is 3.79. The van der Waals surface area contributed by atoms with Gasteiger partial charge in [-0.25, -0.2) is 13.6 Å². The Kier molecular flexibility index (Phi) is 4.22. The number of anilines is 1. The van der Waals surface area contributed by atoms with Crippen molar-refractivity contribution in [2.45, 2.75) is 6.92 Å². The van der Waals surface area contributed by atoms with Crippen molar-refractivity contribution >= 4 is 28.5 Å². The Hall–Kier alpha value is -3.22. The maximum atomic E-state index is 13.8. The van der Waals surface area contributed by atoms with E-state index in [2.05, 4.69) is 10.3 Å². The number of aromatic amines is 1. The molecular weight excluding hydrogens is 330 g/mol.